The highest BCUT2D eigenvalue weighted by molar-refractivity contribution is 7.92. The van der Waals surface area contributed by atoms with Crippen LogP contribution in [0, 0.1) is 24.0 Å². The summed E-state index contributed by atoms with van der Waals surface area (Å²) < 4.78 is 32.3. The van der Waals surface area contributed by atoms with Gasteiger partial charge in [0.1, 0.15) is 0 Å². The summed E-state index contributed by atoms with van der Waals surface area (Å²) in [7, 11) is -2.86. The van der Waals surface area contributed by atoms with Gasteiger partial charge < -0.3 is 4.74 Å². The van der Waals surface area contributed by atoms with E-state index in [2.05, 4.69) is 9.46 Å². The molecule has 0 atom stereocenters. The largest absolute Gasteiger partial charge is 0.465 e. The summed E-state index contributed by atoms with van der Waals surface area (Å²) >= 11 is 0. The van der Waals surface area contributed by atoms with Crippen molar-refractivity contribution in [1.29, 1.82) is 0 Å². The normalized spacial score (nSPS) is 11.0. The number of rotatable bonds is 5. The van der Waals surface area contributed by atoms with Crippen LogP contribution >= 0.6 is 0 Å². The molecule has 0 saturated carbocycles. The Morgan fingerprint density at radius 2 is 1.88 bits per heavy atom. The number of esters is 1. The summed E-state index contributed by atoms with van der Waals surface area (Å²) in [5, 5.41) is 11.0. The highest BCUT2D eigenvalue weighted by Crippen LogP contribution is 2.27. The maximum atomic E-state index is 12.7. The maximum absolute atomic E-state index is 12.7. The van der Waals surface area contributed by atoms with Crippen molar-refractivity contribution in [2.45, 2.75) is 18.7 Å². The Morgan fingerprint density at radius 3 is 2.48 bits per heavy atom. The second-order valence-electron chi connectivity index (χ2n) is 5.28. The molecule has 0 bridgehead atoms. The molecule has 0 aliphatic heterocycles. The average Bonchev–Trinajstić information content (AvgIpc) is 2.55. The molecule has 9 heteroatoms. The van der Waals surface area contributed by atoms with E-state index in [4.69, 9.17) is 0 Å². The third kappa shape index (κ3) is 3.77. The highest BCUT2D eigenvalue weighted by Gasteiger charge is 2.23. The number of nitro benzene ring substituents is 1. The van der Waals surface area contributed by atoms with Gasteiger partial charge in [-0.15, -0.1) is 0 Å². The zero-order chi connectivity index (χ0) is 18.8. The number of aryl methyl sites for hydroxylation is 1. The number of methoxy groups -OCH3 is 1. The Morgan fingerprint density at radius 1 is 1.20 bits per heavy atom. The van der Waals surface area contributed by atoms with Crippen LogP contribution in [0.25, 0.3) is 0 Å². The molecular weight excluding hydrogens is 348 g/mol. The molecule has 0 aliphatic rings. The Balaban J connectivity index is 2.48. The van der Waals surface area contributed by atoms with E-state index in [1.54, 1.807) is 13.0 Å². The Labute approximate surface area is 144 Å². The van der Waals surface area contributed by atoms with E-state index in [-0.39, 0.29) is 27.4 Å². The van der Waals surface area contributed by atoms with Gasteiger partial charge in [-0.05, 0) is 37.6 Å². The molecule has 0 fully saturated rings. The molecular formula is C16H16N2O6S. The van der Waals surface area contributed by atoms with E-state index in [9.17, 15) is 23.3 Å². The summed E-state index contributed by atoms with van der Waals surface area (Å²) in [5.74, 6) is -0.605. The highest BCUT2D eigenvalue weighted by atomic mass is 32.2. The van der Waals surface area contributed by atoms with Gasteiger partial charge in [0.05, 0.1) is 28.2 Å². The Bertz CT molecular complexity index is 953. The zero-order valence-electron chi connectivity index (χ0n) is 13.8. The summed E-state index contributed by atoms with van der Waals surface area (Å²) in [6, 6.07) is 8.26. The van der Waals surface area contributed by atoms with Crippen LogP contribution < -0.4 is 4.72 Å². The summed E-state index contributed by atoms with van der Waals surface area (Å²) in [6.45, 7) is 3.03. The second-order valence-corrected chi connectivity index (χ2v) is 6.93. The molecule has 1 N–H and O–H groups in total. The smallest absolute Gasteiger partial charge is 0.337 e. The minimum Gasteiger partial charge on any atom is -0.465 e. The SMILES string of the molecule is COC(=O)c1ccc(C)c(NS(=O)(=O)c2cccc([N+](=O)[O-])c2C)c1. The average molecular weight is 364 g/mol. The van der Waals surface area contributed by atoms with Gasteiger partial charge in [-0.1, -0.05) is 12.1 Å². The molecule has 0 unspecified atom stereocenters. The quantitative estimate of drug-likeness (QED) is 0.495. The fourth-order valence-corrected chi connectivity index (χ4v) is 3.65. The Kier molecular flexibility index (Phi) is 5.07. The monoisotopic (exact) mass is 364 g/mol. The fourth-order valence-electron chi connectivity index (χ4n) is 2.27. The number of ether oxygens (including phenoxy) is 1. The lowest BCUT2D eigenvalue weighted by Crippen LogP contribution is -2.16. The molecule has 0 aromatic heterocycles. The molecule has 0 spiro atoms. The number of anilines is 1. The van der Waals surface area contributed by atoms with Gasteiger partial charge in [0.2, 0.25) is 0 Å². The lowest BCUT2D eigenvalue weighted by molar-refractivity contribution is -0.385. The number of nitrogens with zero attached hydrogens (tertiary/aromatic N) is 1. The number of sulfonamides is 1. The standard InChI is InChI=1S/C16H16N2O6S/c1-10-7-8-12(16(19)24-3)9-13(10)17-25(22,23)15-6-4-5-14(11(15)2)18(20)21/h4-9,17H,1-3H3. The number of hydrogen-bond acceptors (Lipinski definition) is 6. The predicted molar refractivity (Wildman–Crippen MR) is 91.2 cm³/mol. The van der Waals surface area contributed by atoms with Crippen LogP contribution in [0.1, 0.15) is 21.5 Å². The van der Waals surface area contributed by atoms with Crippen molar-refractivity contribution in [3.05, 3.63) is 63.2 Å². The molecule has 0 radical (unpaired) electrons. The molecule has 2 aromatic rings. The number of carbonyl (C=O) groups is 1. The zero-order valence-corrected chi connectivity index (χ0v) is 14.6. The summed E-state index contributed by atoms with van der Waals surface area (Å²) in [6.07, 6.45) is 0. The third-order valence-corrected chi connectivity index (χ3v) is 5.15. The number of hydrogen-bond donors (Lipinski definition) is 1. The van der Waals surface area contributed by atoms with Crippen LogP contribution in [-0.4, -0.2) is 26.4 Å². The second kappa shape index (κ2) is 6.89. The topological polar surface area (TPSA) is 116 Å². The molecule has 132 valence electrons. The molecule has 2 aromatic carbocycles. The first kappa shape index (κ1) is 18.4. The van der Waals surface area contributed by atoms with Gasteiger partial charge in [0, 0.05) is 11.6 Å². The van der Waals surface area contributed by atoms with E-state index >= 15 is 0 Å². The lowest BCUT2D eigenvalue weighted by Gasteiger charge is -2.13. The van der Waals surface area contributed by atoms with Crippen molar-refractivity contribution in [2.75, 3.05) is 11.8 Å². The van der Waals surface area contributed by atoms with Gasteiger partial charge in [-0.3, -0.25) is 14.8 Å². The van der Waals surface area contributed by atoms with Gasteiger partial charge >= 0.3 is 5.97 Å². The van der Waals surface area contributed by atoms with E-state index in [0.717, 1.165) is 0 Å². The third-order valence-electron chi connectivity index (χ3n) is 3.64. The van der Waals surface area contributed by atoms with Crippen LogP contribution in [0.4, 0.5) is 11.4 Å². The number of nitro groups is 1. The minimum atomic E-state index is -4.08. The van der Waals surface area contributed by atoms with Gasteiger partial charge in [0.15, 0.2) is 0 Å². The lowest BCUT2D eigenvalue weighted by atomic mass is 10.1. The van der Waals surface area contributed by atoms with Crippen molar-refractivity contribution < 1.29 is 22.9 Å². The summed E-state index contributed by atoms with van der Waals surface area (Å²) in [5.41, 5.74) is 0.694. The minimum absolute atomic E-state index is 0.0294. The van der Waals surface area contributed by atoms with E-state index in [0.29, 0.717) is 5.56 Å². The first-order chi connectivity index (χ1) is 11.7. The number of carbonyl (C=O) groups excluding carboxylic acids is 1. The number of benzene rings is 2. The van der Waals surface area contributed by atoms with Crippen molar-refractivity contribution in [1.82, 2.24) is 0 Å². The van der Waals surface area contributed by atoms with Crippen molar-refractivity contribution >= 4 is 27.4 Å². The van der Waals surface area contributed by atoms with Crippen LogP contribution in [0.3, 0.4) is 0 Å². The molecule has 0 amide bonds. The van der Waals surface area contributed by atoms with Crippen LogP contribution in [-0.2, 0) is 14.8 Å². The van der Waals surface area contributed by atoms with Gasteiger partial charge in [-0.25, -0.2) is 13.2 Å². The van der Waals surface area contributed by atoms with Crippen LogP contribution in [0.15, 0.2) is 41.3 Å². The molecule has 8 nitrogen and oxygen atoms in total. The van der Waals surface area contributed by atoms with E-state index in [1.807, 2.05) is 0 Å². The maximum Gasteiger partial charge on any atom is 0.337 e. The molecule has 2 rings (SSSR count). The van der Waals surface area contributed by atoms with Crippen LogP contribution in [0.5, 0.6) is 0 Å². The van der Waals surface area contributed by atoms with E-state index in [1.165, 1.54) is 44.4 Å². The molecule has 0 saturated heterocycles. The predicted octanol–water partition coefficient (Wildman–Crippen LogP) is 2.80. The summed E-state index contributed by atoms with van der Waals surface area (Å²) in [4.78, 5) is 21.8. The van der Waals surface area contributed by atoms with Crippen molar-refractivity contribution in [3.63, 3.8) is 0 Å². The van der Waals surface area contributed by atoms with E-state index < -0.39 is 20.9 Å². The number of nitrogens with one attached hydrogen (secondary N) is 1. The molecule has 0 aliphatic carbocycles. The van der Waals surface area contributed by atoms with Crippen molar-refractivity contribution in [2.24, 2.45) is 0 Å². The molecule has 0 heterocycles. The van der Waals surface area contributed by atoms with Gasteiger partial charge in [0.25, 0.3) is 15.7 Å². The fraction of sp³-hybridized carbons (Fsp3) is 0.188. The molecule has 25 heavy (non-hydrogen) atoms. The Hall–Kier alpha value is -2.94. The van der Waals surface area contributed by atoms with Gasteiger partial charge in [-0.2, -0.15) is 0 Å². The first-order valence-corrected chi connectivity index (χ1v) is 8.61. The first-order valence-electron chi connectivity index (χ1n) is 7.13. The van der Waals surface area contributed by atoms with Crippen molar-refractivity contribution in [3.8, 4) is 0 Å². The van der Waals surface area contributed by atoms with Crippen LogP contribution in [0.2, 0.25) is 0 Å².